The minimum Gasteiger partial charge on any atom is -0.453 e. The van der Waals surface area contributed by atoms with Gasteiger partial charge in [0.2, 0.25) is 5.95 Å². The van der Waals surface area contributed by atoms with Crippen LogP contribution >= 0.6 is 0 Å². The summed E-state index contributed by atoms with van der Waals surface area (Å²) in [7, 11) is -3.13. The average molecular weight is 648 g/mol. The lowest BCUT2D eigenvalue weighted by Gasteiger charge is -2.31. The highest BCUT2D eigenvalue weighted by Gasteiger charge is 2.35. The number of amides is 2. The van der Waals surface area contributed by atoms with Gasteiger partial charge in [0.05, 0.1) is 61.0 Å². The lowest BCUT2D eigenvalue weighted by atomic mass is 10.0. The number of ether oxygens (including phenoxy) is 4. The Morgan fingerprint density at radius 2 is 1.82 bits per heavy atom. The summed E-state index contributed by atoms with van der Waals surface area (Å²) >= 11 is 0. The van der Waals surface area contributed by atoms with Crippen LogP contribution in [0.1, 0.15) is 31.2 Å². The van der Waals surface area contributed by atoms with Gasteiger partial charge in [0.25, 0.3) is 10.0 Å². The number of hydrogen-bond donors (Lipinski definition) is 4. The Kier molecular flexibility index (Phi) is 10.9. The zero-order valence-electron chi connectivity index (χ0n) is 24.7. The molecule has 0 radical (unpaired) electrons. The Labute approximate surface area is 260 Å². The van der Waals surface area contributed by atoms with Crippen LogP contribution < -0.4 is 10.6 Å². The van der Waals surface area contributed by atoms with Gasteiger partial charge in [0, 0.05) is 0 Å². The highest BCUT2D eigenvalue weighted by molar-refractivity contribution is 7.89. The maximum atomic E-state index is 14.0. The number of sulfonamides is 1. The number of benzene rings is 2. The summed E-state index contributed by atoms with van der Waals surface area (Å²) in [6, 6.07) is 12.4. The van der Waals surface area contributed by atoms with Gasteiger partial charge >= 0.3 is 12.2 Å². The van der Waals surface area contributed by atoms with Crippen molar-refractivity contribution in [2.75, 3.05) is 39.0 Å². The van der Waals surface area contributed by atoms with Gasteiger partial charge in [-0.2, -0.15) is 0 Å². The number of hydroxylamine groups is 1. The third kappa shape index (κ3) is 8.68. The number of aliphatic hydroxyl groups excluding tert-OH is 1. The highest BCUT2D eigenvalue weighted by atomic mass is 32.2. The first-order chi connectivity index (χ1) is 21.7. The van der Waals surface area contributed by atoms with E-state index in [-0.39, 0.29) is 43.4 Å². The maximum absolute atomic E-state index is 14.0. The van der Waals surface area contributed by atoms with Gasteiger partial charge in [-0.3, -0.25) is 10.2 Å². The van der Waals surface area contributed by atoms with Crippen molar-refractivity contribution in [3.8, 4) is 0 Å². The number of H-pyrrole nitrogens is 1. The van der Waals surface area contributed by atoms with Crippen LogP contribution in [0.25, 0.3) is 11.0 Å². The van der Waals surface area contributed by atoms with Crippen LogP contribution in [0, 0.1) is 0 Å². The summed E-state index contributed by atoms with van der Waals surface area (Å²) in [5.74, 6) is 0.0777. The molecule has 1 aliphatic heterocycles. The zero-order chi connectivity index (χ0) is 31.8. The Balaban J connectivity index is 1.38. The molecule has 1 aromatic heterocycles. The van der Waals surface area contributed by atoms with Crippen molar-refractivity contribution in [2.45, 2.75) is 61.4 Å². The normalized spacial score (nSPS) is 17.7. The first-order valence-corrected chi connectivity index (χ1v) is 16.0. The van der Waals surface area contributed by atoms with Gasteiger partial charge in [0.1, 0.15) is 6.79 Å². The van der Waals surface area contributed by atoms with E-state index in [1.165, 1.54) is 25.3 Å². The number of carbonyl (C=O) groups is 2. The van der Waals surface area contributed by atoms with E-state index in [0.29, 0.717) is 23.9 Å². The van der Waals surface area contributed by atoms with Gasteiger partial charge in [-0.15, -0.1) is 0 Å². The molecule has 2 aromatic carbocycles. The minimum atomic E-state index is -4.34. The molecule has 1 aliphatic carbocycles. The summed E-state index contributed by atoms with van der Waals surface area (Å²) in [6.07, 6.45) is -0.669. The molecule has 15 nitrogen and oxygen atoms in total. The lowest BCUT2D eigenvalue weighted by molar-refractivity contribution is -0.153. The molecule has 2 heterocycles. The van der Waals surface area contributed by atoms with Crippen LogP contribution in [0.3, 0.4) is 0 Å². The molecule has 3 aromatic rings. The molecular formula is C29H37N5O10S. The second-order valence-corrected chi connectivity index (χ2v) is 12.6. The Morgan fingerprint density at radius 1 is 1.09 bits per heavy atom. The molecule has 4 N–H and O–H groups in total. The number of carbonyl (C=O) groups excluding carboxylic acids is 2. The van der Waals surface area contributed by atoms with Gasteiger partial charge in [-0.1, -0.05) is 47.6 Å². The zero-order valence-corrected chi connectivity index (χ0v) is 25.5. The molecule has 45 heavy (non-hydrogen) atoms. The van der Waals surface area contributed by atoms with Crippen LogP contribution in [0.5, 0.6) is 0 Å². The number of nitrogens with one attached hydrogen (secondary N) is 3. The molecule has 0 unspecified atom stereocenters. The molecule has 5 rings (SSSR count). The molecule has 16 heteroatoms. The van der Waals surface area contributed by atoms with Crippen LogP contribution in [-0.4, -0.2) is 98.2 Å². The van der Waals surface area contributed by atoms with Crippen LogP contribution in [0.15, 0.2) is 53.4 Å². The molecule has 1 saturated heterocycles. The van der Waals surface area contributed by atoms with E-state index in [0.717, 1.165) is 22.9 Å². The van der Waals surface area contributed by atoms with E-state index in [2.05, 4.69) is 25.3 Å². The van der Waals surface area contributed by atoms with Crippen molar-refractivity contribution in [2.24, 2.45) is 0 Å². The summed E-state index contributed by atoms with van der Waals surface area (Å²) in [4.78, 5) is 37.4. The summed E-state index contributed by atoms with van der Waals surface area (Å²) in [5, 5.41) is 16.6. The number of hydrogen-bond acceptors (Lipinski definition) is 11. The van der Waals surface area contributed by atoms with Crippen molar-refractivity contribution >= 4 is 39.2 Å². The number of aromatic nitrogens is 2. The predicted molar refractivity (Wildman–Crippen MR) is 159 cm³/mol. The molecule has 244 valence electrons. The molecule has 2 atom stereocenters. The molecule has 0 spiro atoms. The number of anilines is 1. The summed E-state index contributed by atoms with van der Waals surface area (Å²) in [6.45, 7) is -0.0353. The fourth-order valence-corrected chi connectivity index (χ4v) is 6.46. The topological polar surface area (TPSA) is 191 Å². The van der Waals surface area contributed by atoms with Crippen molar-refractivity contribution < 1.29 is 46.9 Å². The first-order valence-electron chi connectivity index (χ1n) is 14.6. The molecule has 2 fully saturated rings. The third-order valence-corrected chi connectivity index (χ3v) is 9.07. The number of nitrogens with zero attached hydrogens (tertiary/aromatic N) is 2. The van der Waals surface area contributed by atoms with E-state index < -0.39 is 47.0 Å². The van der Waals surface area contributed by atoms with E-state index in [1.54, 1.807) is 0 Å². The number of aromatic amines is 1. The Bertz CT molecular complexity index is 1540. The standard InChI is InChI=1S/C29H37N5O10S/c1-40-28(36)33-27-30-23-12-11-22(14-24(23)31-27)45(38,39)34(44-20-9-5-6-10-20)15-26(35)25(13-19-7-3-2-4-8-19)32-29(37)43-21-16-41-18-42-17-21/h2-4,7-8,11-12,14,20-21,25-26,35H,5-6,9-10,13,15-18H2,1H3,(H,32,37)(H2,30,31,33,36)/t25-,26-/m0/s1. The minimum absolute atomic E-state index is 0.0777. The number of imidazole rings is 1. The largest absolute Gasteiger partial charge is 0.453 e. The Morgan fingerprint density at radius 3 is 2.53 bits per heavy atom. The van der Waals surface area contributed by atoms with Gasteiger partial charge in [-0.05, 0) is 43.0 Å². The van der Waals surface area contributed by atoms with Crippen LogP contribution in [-0.2, 0) is 40.2 Å². The van der Waals surface area contributed by atoms with E-state index >= 15 is 0 Å². The Hall–Kier alpha value is -3.80. The van der Waals surface area contributed by atoms with E-state index in [1.807, 2.05) is 30.3 Å². The quantitative estimate of drug-likeness (QED) is 0.211. The molecule has 0 bridgehead atoms. The third-order valence-electron chi connectivity index (χ3n) is 7.44. The molecule has 1 saturated carbocycles. The fraction of sp³-hybridized carbons (Fsp3) is 0.483. The number of methoxy groups -OCH3 is 1. The van der Waals surface area contributed by atoms with Gasteiger partial charge in [-0.25, -0.2) is 23.0 Å². The lowest BCUT2D eigenvalue weighted by Crippen LogP contribution is -2.52. The first kappa shape index (κ1) is 32.6. The van der Waals surface area contributed by atoms with E-state index in [9.17, 15) is 23.1 Å². The molecule has 2 aliphatic rings. The highest BCUT2D eigenvalue weighted by Crippen LogP contribution is 2.27. The van der Waals surface area contributed by atoms with Crippen molar-refractivity contribution in [3.05, 3.63) is 54.1 Å². The number of fused-ring (bicyclic) bond motifs is 1. The molecule has 2 amide bonds. The smallest absolute Gasteiger partial charge is 0.413 e. The van der Waals surface area contributed by atoms with Crippen molar-refractivity contribution in [3.63, 3.8) is 0 Å². The molecular weight excluding hydrogens is 610 g/mol. The van der Waals surface area contributed by atoms with Crippen LogP contribution in [0.4, 0.5) is 15.5 Å². The number of aliphatic hydroxyl groups is 1. The fourth-order valence-electron chi connectivity index (χ4n) is 5.13. The monoisotopic (exact) mass is 647 g/mol. The van der Waals surface area contributed by atoms with Gasteiger partial charge < -0.3 is 34.4 Å². The predicted octanol–water partition coefficient (Wildman–Crippen LogP) is 2.68. The number of rotatable bonds is 12. The summed E-state index contributed by atoms with van der Waals surface area (Å²) < 4.78 is 49.2. The second-order valence-electron chi connectivity index (χ2n) is 10.8. The van der Waals surface area contributed by atoms with Crippen molar-refractivity contribution in [1.82, 2.24) is 19.8 Å². The second kappa shape index (κ2) is 15.0. The summed E-state index contributed by atoms with van der Waals surface area (Å²) in [5.41, 5.74) is 1.55. The number of alkyl carbamates (subject to hydrolysis) is 1. The SMILES string of the molecule is COC(=O)Nc1nc2ccc(S(=O)(=O)N(C[C@H](O)[C@H](Cc3ccccc3)NC(=O)OC3COCOC3)OC3CCCC3)cc2[nH]1. The van der Waals surface area contributed by atoms with E-state index in [4.69, 9.17) is 19.0 Å². The maximum Gasteiger partial charge on any atom is 0.413 e. The van der Waals surface area contributed by atoms with Crippen LogP contribution in [0.2, 0.25) is 0 Å². The van der Waals surface area contributed by atoms with Gasteiger partial charge in [0.15, 0.2) is 6.10 Å². The van der Waals surface area contributed by atoms with Crippen molar-refractivity contribution in [1.29, 1.82) is 0 Å². The average Bonchev–Trinajstić information content (AvgIpc) is 3.70.